The van der Waals surface area contributed by atoms with Gasteiger partial charge in [-0.1, -0.05) is 0 Å². The van der Waals surface area contributed by atoms with Crippen LogP contribution in [0.5, 0.6) is 0 Å². The predicted octanol–water partition coefficient (Wildman–Crippen LogP) is 0.720. The van der Waals surface area contributed by atoms with Crippen LogP contribution < -0.4 is 5.32 Å². The zero-order valence-corrected chi connectivity index (χ0v) is 11.0. The first kappa shape index (κ1) is 13.9. The molecule has 4 nitrogen and oxygen atoms in total. The molecule has 1 aliphatic heterocycles. The van der Waals surface area contributed by atoms with E-state index in [4.69, 9.17) is 9.47 Å². The summed E-state index contributed by atoms with van der Waals surface area (Å²) in [7, 11) is 5.65. The monoisotopic (exact) mass is 230 g/mol. The third-order valence-electron chi connectivity index (χ3n) is 3.53. The predicted molar refractivity (Wildman–Crippen MR) is 65.8 cm³/mol. The first-order valence-electron chi connectivity index (χ1n) is 6.12. The zero-order chi connectivity index (χ0) is 12.0. The highest BCUT2D eigenvalue weighted by molar-refractivity contribution is 4.81. The van der Waals surface area contributed by atoms with Gasteiger partial charge in [0, 0.05) is 32.8 Å². The van der Waals surface area contributed by atoms with Crippen LogP contribution in [-0.4, -0.2) is 64.1 Å². The molecule has 0 bridgehead atoms. The summed E-state index contributed by atoms with van der Waals surface area (Å²) in [5.74, 6) is 0. The number of ether oxygens (including phenoxy) is 2. The minimum Gasteiger partial charge on any atom is -0.382 e. The molecule has 96 valence electrons. The minimum atomic E-state index is 0.167. The number of nitrogens with one attached hydrogen (secondary N) is 1. The van der Waals surface area contributed by atoms with Crippen LogP contribution >= 0.6 is 0 Å². The van der Waals surface area contributed by atoms with Crippen LogP contribution in [0.4, 0.5) is 0 Å². The molecule has 0 spiro atoms. The Morgan fingerprint density at radius 3 is 2.75 bits per heavy atom. The van der Waals surface area contributed by atoms with E-state index < -0.39 is 0 Å². The molecule has 3 unspecified atom stereocenters. The van der Waals surface area contributed by atoms with E-state index in [0.717, 1.165) is 6.54 Å². The van der Waals surface area contributed by atoms with Crippen molar-refractivity contribution in [3.05, 3.63) is 0 Å². The second-order valence-electron chi connectivity index (χ2n) is 4.77. The summed E-state index contributed by atoms with van der Waals surface area (Å²) in [5, 5.41) is 3.58. The van der Waals surface area contributed by atoms with Crippen molar-refractivity contribution < 1.29 is 9.47 Å². The van der Waals surface area contributed by atoms with Crippen LogP contribution in [0.25, 0.3) is 0 Å². The van der Waals surface area contributed by atoms with E-state index in [2.05, 4.69) is 24.2 Å². The zero-order valence-electron chi connectivity index (χ0n) is 11.0. The summed E-state index contributed by atoms with van der Waals surface area (Å²) in [6.07, 6.45) is 2.62. The molecule has 0 aromatic heterocycles. The van der Waals surface area contributed by atoms with Crippen LogP contribution in [0.1, 0.15) is 19.8 Å². The van der Waals surface area contributed by atoms with Crippen molar-refractivity contribution in [3.8, 4) is 0 Å². The Bertz CT molecular complexity index is 190. The standard InChI is InChI=1S/C12H26N2O2/c1-10-7-11(5-6-14(10)2)13-8-12(16-4)9-15-3/h10-13H,5-9H2,1-4H3. The SMILES string of the molecule is COCC(CNC1CCN(C)C(C)C1)OC. The second-order valence-corrected chi connectivity index (χ2v) is 4.77. The molecule has 0 saturated carbocycles. The maximum atomic E-state index is 5.33. The Balaban J connectivity index is 2.21. The largest absolute Gasteiger partial charge is 0.382 e. The van der Waals surface area contributed by atoms with Gasteiger partial charge in [-0.25, -0.2) is 0 Å². The number of methoxy groups -OCH3 is 2. The molecule has 1 heterocycles. The molecule has 4 heteroatoms. The van der Waals surface area contributed by atoms with Gasteiger partial charge in [-0.15, -0.1) is 0 Å². The Morgan fingerprint density at radius 2 is 2.19 bits per heavy atom. The van der Waals surface area contributed by atoms with Crippen LogP contribution in [0.3, 0.4) is 0 Å². The molecule has 1 aliphatic rings. The first-order valence-corrected chi connectivity index (χ1v) is 6.12. The number of hydrogen-bond donors (Lipinski definition) is 1. The normalized spacial score (nSPS) is 29.2. The lowest BCUT2D eigenvalue weighted by atomic mass is 9.99. The molecular formula is C12H26N2O2. The topological polar surface area (TPSA) is 33.7 Å². The first-order chi connectivity index (χ1) is 7.67. The summed E-state index contributed by atoms with van der Waals surface area (Å²) in [6.45, 7) is 5.01. The molecule has 1 fully saturated rings. The van der Waals surface area contributed by atoms with Crippen LogP contribution in [0, 0.1) is 0 Å². The quantitative estimate of drug-likeness (QED) is 0.729. The molecule has 1 saturated heterocycles. The van der Waals surface area contributed by atoms with Crippen molar-refractivity contribution in [1.29, 1.82) is 0 Å². The molecular weight excluding hydrogens is 204 g/mol. The fraction of sp³-hybridized carbons (Fsp3) is 1.00. The number of rotatable bonds is 6. The van der Waals surface area contributed by atoms with E-state index in [0.29, 0.717) is 18.7 Å². The Hall–Kier alpha value is -0.160. The molecule has 3 atom stereocenters. The van der Waals surface area contributed by atoms with Crippen molar-refractivity contribution >= 4 is 0 Å². The van der Waals surface area contributed by atoms with Gasteiger partial charge in [-0.2, -0.15) is 0 Å². The molecule has 1 rings (SSSR count). The fourth-order valence-corrected chi connectivity index (χ4v) is 2.17. The molecule has 16 heavy (non-hydrogen) atoms. The van der Waals surface area contributed by atoms with E-state index >= 15 is 0 Å². The van der Waals surface area contributed by atoms with Crippen molar-refractivity contribution in [3.63, 3.8) is 0 Å². The maximum Gasteiger partial charge on any atom is 0.0928 e. The van der Waals surface area contributed by atoms with Crippen molar-refractivity contribution in [2.45, 2.75) is 38.0 Å². The lowest BCUT2D eigenvalue weighted by Crippen LogP contribution is -2.47. The van der Waals surface area contributed by atoms with Gasteiger partial charge in [0.05, 0.1) is 12.7 Å². The van der Waals surface area contributed by atoms with Crippen molar-refractivity contribution in [1.82, 2.24) is 10.2 Å². The average molecular weight is 230 g/mol. The Labute approximate surface area is 99.3 Å². The van der Waals surface area contributed by atoms with E-state index in [-0.39, 0.29) is 6.10 Å². The number of piperidine rings is 1. The molecule has 0 radical (unpaired) electrons. The number of nitrogens with zero attached hydrogens (tertiary/aromatic N) is 1. The number of hydrogen-bond acceptors (Lipinski definition) is 4. The number of likely N-dealkylation sites (tertiary alicyclic amines) is 1. The summed E-state index contributed by atoms with van der Waals surface area (Å²) in [4.78, 5) is 2.42. The molecule has 1 N–H and O–H groups in total. The van der Waals surface area contributed by atoms with Gasteiger partial charge >= 0.3 is 0 Å². The summed E-state index contributed by atoms with van der Waals surface area (Å²) in [5.41, 5.74) is 0. The van der Waals surface area contributed by atoms with Gasteiger partial charge in [-0.3, -0.25) is 0 Å². The lowest BCUT2D eigenvalue weighted by molar-refractivity contribution is 0.0251. The molecule has 0 amide bonds. The van der Waals surface area contributed by atoms with Gasteiger partial charge < -0.3 is 19.7 Å². The molecule has 0 aromatic carbocycles. The summed E-state index contributed by atoms with van der Waals surface area (Å²) in [6, 6.07) is 1.30. The van der Waals surface area contributed by atoms with Crippen LogP contribution in [0.2, 0.25) is 0 Å². The van der Waals surface area contributed by atoms with E-state index in [1.165, 1.54) is 19.4 Å². The smallest absolute Gasteiger partial charge is 0.0928 e. The Morgan fingerprint density at radius 1 is 1.44 bits per heavy atom. The highest BCUT2D eigenvalue weighted by Gasteiger charge is 2.22. The van der Waals surface area contributed by atoms with Gasteiger partial charge in [-0.05, 0) is 33.4 Å². The third kappa shape index (κ3) is 4.37. The highest BCUT2D eigenvalue weighted by atomic mass is 16.5. The lowest BCUT2D eigenvalue weighted by Gasteiger charge is -2.36. The van der Waals surface area contributed by atoms with Gasteiger partial charge in [0.1, 0.15) is 0 Å². The fourth-order valence-electron chi connectivity index (χ4n) is 2.17. The van der Waals surface area contributed by atoms with E-state index in [9.17, 15) is 0 Å². The highest BCUT2D eigenvalue weighted by Crippen LogP contribution is 2.15. The van der Waals surface area contributed by atoms with E-state index in [1.54, 1.807) is 14.2 Å². The van der Waals surface area contributed by atoms with Crippen molar-refractivity contribution in [2.24, 2.45) is 0 Å². The van der Waals surface area contributed by atoms with Gasteiger partial charge in [0.15, 0.2) is 0 Å². The summed E-state index contributed by atoms with van der Waals surface area (Å²) < 4.78 is 10.4. The minimum absolute atomic E-state index is 0.167. The second kappa shape index (κ2) is 7.22. The van der Waals surface area contributed by atoms with Gasteiger partial charge in [0.25, 0.3) is 0 Å². The average Bonchev–Trinajstić information content (AvgIpc) is 2.28. The summed E-state index contributed by atoms with van der Waals surface area (Å²) >= 11 is 0. The van der Waals surface area contributed by atoms with Crippen LogP contribution in [0.15, 0.2) is 0 Å². The molecule has 0 aromatic rings. The third-order valence-corrected chi connectivity index (χ3v) is 3.53. The van der Waals surface area contributed by atoms with Crippen LogP contribution in [-0.2, 0) is 9.47 Å². The van der Waals surface area contributed by atoms with Gasteiger partial charge in [0.2, 0.25) is 0 Å². The maximum absolute atomic E-state index is 5.33. The van der Waals surface area contributed by atoms with E-state index in [1.807, 2.05) is 0 Å². The molecule has 0 aliphatic carbocycles. The van der Waals surface area contributed by atoms with Crippen molar-refractivity contribution in [2.75, 3.05) is 41.0 Å². The Kier molecular flexibility index (Phi) is 6.28.